The van der Waals surface area contributed by atoms with Crippen LogP contribution in [-0.4, -0.2) is 5.11 Å². The first-order valence-electron chi connectivity index (χ1n) is 5.82. The summed E-state index contributed by atoms with van der Waals surface area (Å²) in [5, 5.41) is 11.8. The van der Waals surface area contributed by atoms with E-state index >= 15 is 0 Å². The summed E-state index contributed by atoms with van der Waals surface area (Å²) < 4.78 is 0. The minimum Gasteiger partial charge on any atom is -0.506 e. The van der Waals surface area contributed by atoms with Crippen molar-refractivity contribution in [2.24, 2.45) is 0 Å². The van der Waals surface area contributed by atoms with Crippen molar-refractivity contribution >= 4 is 16.5 Å². The summed E-state index contributed by atoms with van der Waals surface area (Å²) in [6, 6.07) is 19.8. The molecule has 0 saturated carbocycles. The number of anilines is 1. The largest absolute Gasteiger partial charge is 0.506 e. The second kappa shape index (κ2) is 4.08. The third kappa shape index (κ3) is 1.78. The predicted molar refractivity (Wildman–Crippen MR) is 75.5 cm³/mol. The van der Waals surface area contributed by atoms with Gasteiger partial charge in [-0.2, -0.15) is 0 Å². The van der Waals surface area contributed by atoms with Gasteiger partial charge in [0.2, 0.25) is 0 Å². The number of phenols is 1. The van der Waals surface area contributed by atoms with Crippen LogP contribution in [0.2, 0.25) is 0 Å². The fourth-order valence-corrected chi connectivity index (χ4v) is 2.10. The Morgan fingerprint density at radius 1 is 0.722 bits per heavy atom. The summed E-state index contributed by atoms with van der Waals surface area (Å²) in [5.74, 6) is 0.125. The maximum atomic E-state index is 9.44. The Bertz CT molecular complexity index is 719. The van der Waals surface area contributed by atoms with E-state index in [9.17, 15) is 5.11 Å². The van der Waals surface area contributed by atoms with Gasteiger partial charge in [0, 0.05) is 0 Å². The highest BCUT2D eigenvalue weighted by molar-refractivity contribution is 5.87. The molecule has 3 aromatic rings. The number of aromatic hydroxyl groups is 1. The minimum atomic E-state index is 0.125. The molecule has 88 valence electrons. The molecule has 0 aliphatic rings. The van der Waals surface area contributed by atoms with Crippen LogP contribution in [0.3, 0.4) is 0 Å². The van der Waals surface area contributed by atoms with Crippen LogP contribution in [0.4, 0.5) is 5.69 Å². The quantitative estimate of drug-likeness (QED) is 0.498. The van der Waals surface area contributed by atoms with Gasteiger partial charge in [0.05, 0.1) is 5.69 Å². The van der Waals surface area contributed by atoms with Gasteiger partial charge in [-0.25, -0.2) is 0 Å². The molecule has 0 spiro atoms. The Kier molecular flexibility index (Phi) is 2.41. The zero-order valence-electron chi connectivity index (χ0n) is 9.80. The molecule has 0 atom stereocenters. The lowest BCUT2D eigenvalue weighted by molar-refractivity contribution is 0.478. The summed E-state index contributed by atoms with van der Waals surface area (Å²) in [6.45, 7) is 0. The lowest BCUT2D eigenvalue weighted by atomic mass is 10.0. The zero-order chi connectivity index (χ0) is 12.5. The van der Waals surface area contributed by atoms with Crippen molar-refractivity contribution in [2.75, 3.05) is 5.73 Å². The zero-order valence-corrected chi connectivity index (χ0v) is 9.80. The van der Waals surface area contributed by atoms with Crippen molar-refractivity contribution in [1.82, 2.24) is 0 Å². The molecule has 3 N–H and O–H groups in total. The standard InChI is InChI=1S/C16H13NO/c17-15-10-14(7-8-16(15)18)13-6-5-11-3-1-2-4-12(11)9-13/h1-10,18H,17H2. The van der Waals surface area contributed by atoms with Crippen LogP contribution in [0.1, 0.15) is 0 Å². The fourth-order valence-electron chi connectivity index (χ4n) is 2.10. The van der Waals surface area contributed by atoms with Gasteiger partial charge < -0.3 is 10.8 Å². The summed E-state index contributed by atoms with van der Waals surface area (Å²) >= 11 is 0. The molecule has 18 heavy (non-hydrogen) atoms. The predicted octanol–water partition coefficient (Wildman–Crippen LogP) is 3.79. The molecule has 0 aliphatic heterocycles. The van der Waals surface area contributed by atoms with E-state index in [1.54, 1.807) is 12.1 Å². The number of rotatable bonds is 1. The molecule has 0 aliphatic carbocycles. The normalized spacial score (nSPS) is 10.7. The Labute approximate surface area is 105 Å². The van der Waals surface area contributed by atoms with Crippen molar-refractivity contribution in [3.63, 3.8) is 0 Å². The van der Waals surface area contributed by atoms with Crippen LogP contribution >= 0.6 is 0 Å². The molecule has 3 aromatic carbocycles. The summed E-state index contributed by atoms with van der Waals surface area (Å²) in [7, 11) is 0. The molecular weight excluding hydrogens is 222 g/mol. The molecule has 0 heterocycles. The first-order valence-corrected chi connectivity index (χ1v) is 5.82. The Morgan fingerprint density at radius 2 is 1.39 bits per heavy atom. The van der Waals surface area contributed by atoms with E-state index in [1.807, 2.05) is 18.2 Å². The molecule has 0 amide bonds. The number of nitrogens with two attached hydrogens (primary N) is 1. The van der Waals surface area contributed by atoms with Crippen molar-refractivity contribution in [2.45, 2.75) is 0 Å². The second-order valence-corrected chi connectivity index (χ2v) is 4.34. The van der Waals surface area contributed by atoms with E-state index in [0.29, 0.717) is 5.69 Å². The molecule has 0 aromatic heterocycles. The average Bonchev–Trinajstić information content (AvgIpc) is 2.41. The lowest BCUT2D eigenvalue weighted by Crippen LogP contribution is -1.86. The summed E-state index contributed by atoms with van der Waals surface area (Å²) in [6.07, 6.45) is 0. The topological polar surface area (TPSA) is 46.2 Å². The monoisotopic (exact) mass is 235 g/mol. The number of nitrogen functional groups attached to an aromatic ring is 1. The smallest absolute Gasteiger partial charge is 0.138 e. The molecule has 0 radical (unpaired) electrons. The molecule has 0 fully saturated rings. The lowest BCUT2D eigenvalue weighted by Gasteiger charge is -2.06. The van der Waals surface area contributed by atoms with Gasteiger partial charge in [0.15, 0.2) is 0 Å². The number of phenolic OH excluding ortho intramolecular Hbond substituents is 1. The van der Waals surface area contributed by atoms with Gasteiger partial charge in [-0.05, 0) is 40.1 Å². The van der Waals surface area contributed by atoms with E-state index in [0.717, 1.165) is 11.1 Å². The molecule has 3 rings (SSSR count). The molecule has 0 bridgehead atoms. The molecule has 2 heteroatoms. The minimum absolute atomic E-state index is 0.125. The maximum Gasteiger partial charge on any atom is 0.138 e. The van der Waals surface area contributed by atoms with Gasteiger partial charge >= 0.3 is 0 Å². The van der Waals surface area contributed by atoms with Crippen LogP contribution in [0, 0.1) is 0 Å². The SMILES string of the molecule is Nc1cc(-c2ccc3ccccc3c2)ccc1O. The fraction of sp³-hybridized carbons (Fsp3) is 0. The van der Waals surface area contributed by atoms with E-state index in [2.05, 4.69) is 30.3 Å². The van der Waals surface area contributed by atoms with Gasteiger partial charge in [-0.1, -0.05) is 42.5 Å². The van der Waals surface area contributed by atoms with E-state index in [1.165, 1.54) is 10.8 Å². The first-order chi connectivity index (χ1) is 8.74. The van der Waals surface area contributed by atoms with Crippen LogP contribution in [0.15, 0.2) is 60.7 Å². The van der Waals surface area contributed by atoms with Gasteiger partial charge in [-0.3, -0.25) is 0 Å². The third-order valence-corrected chi connectivity index (χ3v) is 3.11. The van der Waals surface area contributed by atoms with E-state index in [-0.39, 0.29) is 5.75 Å². The van der Waals surface area contributed by atoms with Gasteiger partial charge in [0.1, 0.15) is 5.75 Å². The number of hydrogen-bond acceptors (Lipinski definition) is 2. The highest BCUT2D eigenvalue weighted by Crippen LogP contribution is 2.29. The second-order valence-electron chi connectivity index (χ2n) is 4.34. The van der Waals surface area contributed by atoms with Crippen molar-refractivity contribution in [3.05, 3.63) is 60.7 Å². The summed E-state index contributed by atoms with van der Waals surface area (Å²) in [5.41, 5.74) is 8.23. The summed E-state index contributed by atoms with van der Waals surface area (Å²) in [4.78, 5) is 0. The number of hydrogen-bond donors (Lipinski definition) is 2. The maximum absolute atomic E-state index is 9.44. The van der Waals surface area contributed by atoms with Gasteiger partial charge in [-0.15, -0.1) is 0 Å². The van der Waals surface area contributed by atoms with E-state index in [4.69, 9.17) is 5.73 Å². The van der Waals surface area contributed by atoms with Crippen LogP contribution in [-0.2, 0) is 0 Å². The van der Waals surface area contributed by atoms with Crippen molar-refractivity contribution in [1.29, 1.82) is 0 Å². The van der Waals surface area contributed by atoms with Crippen LogP contribution in [0.25, 0.3) is 21.9 Å². The third-order valence-electron chi connectivity index (χ3n) is 3.11. The van der Waals surface area contributed by atoms with Crippen LogP contribution < -0.4 is 5.73 Å². The Morgan fingerprint density at radius 3 is 2.17 bits per heavy atom. The molecule has 0 unspecified atom stereocenters. The highest BCUT2D eigenvalue weighted by Gasteiger charge is 2.02. The van der Waals surface area contributed by atoms with Gasteiger partial charge in [0.25, 0.3) is 0 Å². The Balaban J connectivity index is 2.16. The number of fused-ring (bicyclic) bond motifs is 1. The molecular formula is C16H13NO. The highest BCUT2D eigenvalue weighted by atomic mass is 16.3. The molecule has 0 saturated heterocycles. The first kappa shape index (κ1) is 10.7. The van der Waals surface area contributed by atoms with Crippen molar-refractivity contribution < 1.29 is 5.11 Å². The number of benzene rings is 3. The van der Waals surface area contributed by atoms with E-state index < -0.39 is 0 Å². The molecule has 2 nitrogen and oxygen atoms in total. The van der Waals surface area contributed by atoms with Crippen LogP contribution in [0.5, 0.6) is 5.75 Å². The average molecular weight is 235 g/mol. The Hall–Kier alpha value is -2.48. The van der Waals surface area contributed by atoms with Crippen molar-refractivity contribution in [3.8, 4) is 16.9 Å².